The summed E-state index contributed by atoms with van der Waals surface area (Å²) in [5.74, 6) is -0.324. The van der Waals surface area contributed by atoms with Gasteiger partial charge in [-0.15, -0.1) is 0 Å². The van der Waals surface area contributed by atoms with Crippen molar-refractivity contribution in [3.63, 3.8) is 0 Å². The summed E-state index contributed by atoms with van der Waals surface area (Å²) < 4.78 is 0.965. The van der Waals surface area contributed by atoms with Gasteiger partial charge in [-0.25, -0.2) is 4.98 Å². The van der Waals surface area contributed by atoms with Crippen molar-refractivity contribution in [3.8, 4) is 17.0 Å². The maximum atomic E-state index is 12.4. The number of hydrogen-bond acceptors (Lipinski definition) is 4. The second-order valence-electron chi connectivity index (χ2n) is 5.17. The second-order valence-corrected chi connectivity index (χ2v) is 6.08. The summed E-state index contributed by atoms with van der Waals surface area (Å²) >= 11 is 3.44. The van der Waals surface area contributed by atoms with Gasteiger partial charge in [0.05, 0.1) is 17.0 Å². The van der Waals surface area contributed by atoms with E-state index in [0.717, 1.165) is 15.7 Å². The van der Waals surface area contributed by atoms with Crippen molar-refractivity contribution in [2.45, 2.75) is 6.92 Å². The molecule has 0 radical (unpaired) electrons. The summed E-state index contributed by atoms with van der Waals surface area (Å²) in [7, 11) is 0. The van der Waals surface area contributed by atoms with Gasteiger partial charge in [0.25, 0.3) is 5.91 Å². The van der Waals surface area contributed by atoms with Crippen LogP contribution in [-0.4, -0.2) is 21.0 Å². The number of amides is 1. The van der Waals surface area contributed by atoms with Gasteiger partial charge < -0.3 is 10.4 Å². The molecule has 5 nitrogen and oxygen atoms in total. The summed E-state index contributed by atoms with van der Waals surface area (Å²) in [6.07, 6.45) is 1.50. The second kappa shape index (κ2) is 6.80. The van der Waals surface area contributed by atoms with E-state index >= 15 is 0 Å². The van der Waals surface area contributed by atoms with Gasteiger partial charge in [-0.2, -0.15) is 0 Å². The topological polar surface area (TPSA) is 75.1 Å². The number of carbonyl (C=O) groups excluding carboxylic acids is 1. The van der Waals surface area contributed by atoms with E-state index in [-0.39, 0.29) is 17.5 Å². The minimum Gasteiger partial charge on any atom is -0.504 e. The summed E-state index contributed by atoms with van der Waals surface area (Å²) in [6, 6.07) is 14.4. The summed E-state index contributed by atoms with van der Waals surface area (Å²) in [6.45, 7) is 1.77. The molecular formula is C18H14BrN3O2. The first-order valence-corrected chi connectivity index (χ1v) is 8.03. The Kier molecular flexibility index (Phi) is 4.57. The normalized spacial score (nSPS) is 10.4. The Bertz CT molecular complexity index is 912. The maximum absolute atomic E-state index is 12.4. The van der Waals surface area contributed by atoms with Crippen molar-refractivity contribution in [1.29, 1.82) is 0 Å². The fraction of sp³-hybridized carbons (Fsp3) is 0.0556. The molecule has 0 atom stereocenters. The fourth-order valence-corrected chi connectivity index (χ4v) is 2.68. The predicted octanol–water partition coefficient (Wildman–Crippen LogP) is 4.17. The molecule has 0 spiro atoms. The Hall–Kier alpha value is -2.73. The third kappa shape index (κ3) is 3.44. The van der Waals surface area contributed by atoms with Crippen LogP contribution in [0.15, 0.2) is 59.2 Å². The van der Waals surface area contributed by atoms with E-state index in [1.165, 1.54) is 12.3 Å². The number of aryl methyl sites for hydroxylation is 1. The third-order valence-electron chi connectivity index (χ3n) is 3.47. The number of hydrogen-bond donors (Lipinski definition) is 2. The summed E-state index contributed by atoms with van der Waals surface area (Å²) in [5, 5.41) is 12.3. The van der Waals surface area contributed by atoms with Crippen molar-refractivity contribution < 1.29 is 9.90 Å². The number of benzene rings is 1. The van der Waals surface area contributed by atoms with Crippen LogP contribution in [-0.2, 0) is 0 Å². The first-order chi connectivity index (χ1) is 11.5. The lowest BCUT2D eigenvalue weighted by molar-refractivity contribution is 0.102. The smallest absolute Gasteiger partial charge is 0.258 e. The van der Waals surface area contributed by atoms with E-state index in [4.69, 9.17) is 0 Å². The molecule has 1 aromatic carbocycles. The lowest BCUT2D eigenvalue weighted by Gasteiger charge is -2.09. The molecule has 2 N–H and O–H groups in total. The highest BCUT2D eigenvalue weighted by Crippen LogP contribution is 2.24. The molecule has 0 bridgehead atoms. The number of aromatic hydroxyl groups is 1. The molecule has 0 aliphatic rings. The molecule has 6 heteroatoms. The van der Waals surface area contributed by atoms with Gasteiger partial charge in [-0.3, -0.25) is 9.78 Å². The molecule has 0 aliphatic heterocycles. The predicted molar refractivity (Wildman–Crippen MR) is 96.0 cm³/mol. The van der Waals surface area contributed by atoms with Crippen LogP contribution in [0.5, 0.6) is 5.75 Å². The highest BCUT2D eigenvalue weighted by molar-refractivity contribution is 9.10. The molecule has 0 fully saturated rings. The molecule has 0 unspecified atom stereocenters. The van der Waals surface area contributed by atoms with E-state index in [1.807, 2.05) is 24.3 Å². The van der Waals surface area contributed by atoms with Gasteiger partial charge in [0.2, 0.25) is 0 Å². The monoisotopic (exact) mass is 383 g/mol. The number of pyridine rings is 2. The van der Waals surface area contributed by atoms with Crippen LogP contribution in [0.4, 0.5) is 5.82 Å². The Labute approximate surface area is 147 Å². The minimum absolute atomic E-state index is 0.0813. The summed E-state index contributed by atoms with van der Waals surface area (Å²) in [5.41, 5.74) is 2.77. The standard InChI is InChI=1S/C18H14BrN3O2/c1-11-14(18(24)22-17-16(23)6-3-9-20-17)7-8-15(21-11)12-4-2-5-13(19)10-12/h2-10,23H,1H3,(H,20,22,24). The van der Waals surface area contributed by atoms with Gasteiger partial charge in [0.15, 0.2) is 11.6 Å². The zero-order valence-electron chi connectivity index (χ0n) is 12.8. The van der Waals surface area contributed by atoms with Gasteiger partial charge in [-0.1, -0.05) is 28.1 Å². The SMILES string of the molecule is Cc1nc(-c2cccc(Br)c2)ccc1C(=O)Nc1ncccc1O. The summed E-state index contributed by atoms with van der Waals surface area (Å²) in [4.78, 5) is 20.8. The van der Waals surface area contributed by atoms with E-state index < -0.39 is 0 Å². The number of nitrogens with zero attached hydrogens (tertiary/aromatic N) is 2. The average Bonchev–Trinajstić information content (AvgIpc) is 2.56. The zero-order valence-corrected chi connectivity index (χ0v) is 14.4. The van der Waals surface area contributed by atoms with Crippen LogP contribution in [0.1, 0.15) is 16.1 Å². The van der Waals surface area contributed by atoms with Crippen molar-refractivity contribution in [2.75, 3.05) is 5.32 Å². The molecule has 1 amide bonds. The number of rotatable bonds is 3. The lowest BCUT2D eigenvalue weighted by atomic mass is 10.1. The van der Waals surface area contributed by atoms with Gasteiger partial charge in [0.1, 0.15) is 0 Å². The number of anilines is 1. The van der Waals surface area contributed by atoms with Gasteiger partial charge >= 0.3 is 0 Å². The van der Waals surface area contributed by atoms with Crippen LogP contribution >= 0.6 is 15.9 Å². The lowest BCUT2D eigenvalue weighted by Crippen LogP contribution is -2.15. The van der Waals surface area contributed by atoms with Crippen molar-refractivity contribution in [2.24, 2.45) is 0 Å². The highest BCUT2D eigenvalue weighted by atomic mass is 79.9. The van der Waals surface area contributed by atoms with E-state index in [9.17, 15) is 9.90 Å². The average molecular weight is 384 g/mol. The Morgan fingerprint density at radius 3 is 2.71 bits per heavy atom. The first kappa shape index (κ1) is 16.1. The highest BCUT2D eigenvalue weighted by Gasteiger charge is 2.14. The molecule has 0 saturated carbocycles. The minimum atomic E-state index is -0.366. The molecule has 2 heterocycles. The van der Waals surface area contributed by atoms with Crippen molar-refractivity contribution in [3.05, 3.63) is 70.5 Å². The van der Waals surface area contributed by atoms with Crippen LogP contribution in [0, 0.1) is 6.92 Å². The molecule has 3 aromatic rings. The molecule has 0 saturated heterocycles. The number of carbonyl (C=O) groups is 1. The fourth-order valence-electron chi connectivity index (χ4n) is 2.28. The molecule has 0 aliphatic carbocycles. The van der Waals surface area contributed by atoms with Crippen molar-refractivity contribution in [1.82, 2.24) is 9.97 Å². The largest absolute Gasteiger partial charge is 0.504 e. The molecule has 2 aromatic heterocycles. The van der Waals surface area contributed by atoms with Gasteiger partial charge in [-0.05, 0) is 43.3 Å². The van der Waals surface area contributed by atoms with E-state index in [2.05, 4.69) is 31.2 Å². The van der Waals surface area contributed by atoms with E-state index in [1.54, 1.807) is 25.1 Å². The number of aromatic nitrogens is 2. The molecule has 3 rings (SSSR count). The quantitative estimate of drug-likeness (QED) is 0.711. The molecule has 120 valence electrons. The van der Waals surface area contributed by atoms with Crippen LogP contribution < -0.4 is 5.32 Å². The first-order valence-electron chi connectivity index (χ1n) is 7.23. The van der Waals surface area contributed by atoms with Crippen molar-refractivity contribution >= 4 is 27.7 Å². The molecular weight excluding hydrogens is 370 g/mol. The molecule has 24 heavy (non-hydrogen) atoms. The third-order valence-corrected chi connectivity index (χ3v) is 3.96. The number of halogens is 1. The van der Waals surface area contributed by atoms with Gasteiger partial charge in [0, 0.05) is 16.2 Å². The number of nitrogens with one attached hydrogen (secondary N) is 1. The van der Waals surface area contributed by atoms with E-state index in [0.29, 0.717) is 11.3 Å². The Morgan fingerprint density at radius 2 is 2.00 bits per heavy atom. The zero-order chi connectivity index (χ0) is 17.1. The Morgan fingerprint density at radius 1 is 1.17 bits per heavy atom. The van der Waals surface area contributed by atoms with Crippen LogP contribution in [0.3, 0.4) is 0 Å². The van der Waals surface area contributed by atoms with Crippen LogP contribution in [0.2, 0.25) is 0 Å². The Balaban J connectivity index is 1.87. The van der Waals surface area contributed by atoms with Crippen LogP contribution in [0.25, 0.3) is 11.3 Å². The maximum Gasteiger partial charge on any atom is 0.258 e.